The predicted octanol–water partition coefficient (Wildman–Crippen LogP) is 4.75. The van der Waals surface area contributed by atoms with E-state index in [4.69, 9.17) is 0 Å². The Bertz CT molecular complexity index is 664. The van der Waals surface area contributed by atoms with Crippen molar-refractivity contribution in [1.82, 2.24) is 0 Å². The molecule has 4 heteroatoms. The van der Waals surface area contributed by atoms with Gasteiger partial charge in [-0.1, -0.05) is 67.2 Å². The quantitative estimate of drug-likeness (QED) is 0.150. The topological polar surface area (TPSA) is 0 Å². The Balaban J connectivity index is 0.00000840. The molecule has 0 bridgehead atoms. The van der Waals surface area contributed by atoms with Crippen LogP contribution in [-0.4, -0.2) is 61.3 Å². The van der Waals surface area contributed by atoms with Crippen molar-refractivity contribution in [3.05, 3.63) is 0 Å². The second-order valence-electron chi connectivity index (χ2n) is 17.2. The molecule has 0 amide bonds. The third-order valence-electron chi connectivity index (χ3n) is 13.8. The van der Waals surface area contributed by atoms with Gasteiger partial charge in [0.05, 0.1) is 52.4 Å². The molecular weight excluding hydrogens is 644 g/mol. The fourth-order valence-electron chi connectivity index (χ4n) is 9.57. The number of quaternary nitrogens is 2. The zero-order chi connectivity index (χ0) is 30.2. The Hall–Kier alpha value is 0.880. The van der Waals surface area contributed by atoms with Crippen molar-refractivity contribution in [2.45, 2.75) is 171 Å². The van der Waals surface area contributed by atoms with Gasteiger partial charge >= 0.3 is 0 Å². The lowest BCUT2D eigenvalue weighted by Crippen LogP contribution is -3.00. The van der Waals surface area contributed by atoms with Gasteiger partial charge in [0.2, 0.25) is 0 Å². The van der Waals surface area contributed by atoms with Crippen LogP contribution in [0.25, 0.3) is 0 Å². The fourth-order valence-corrected chi connectivity index (χ4v) is 9.57. The Kier molecular flexibility index (Phi) is 19.3. The maximum absolute atomic E-state index is 2.56. The Morgan fingerprint density at radius 1 is 0.619 bits per heavy atom. The summed E-state index contributed by atoms with van der Waals surface area (Å²) in [6.07, 6.45) is 20.0. The minimum Gasteiger partial charge on any atom is -1.00 e. The molecule has 2 nitrogen and oxygen atoms in total. The molecule has 0 aromatic rings. The van der Waals surface area contributed by atoms with Crippen molar-refractivity contribution < 1.29 is 42.9 Å². The molecule has 0 heterocycles. The summed E-state index contributed by atoms with van der Waals surface area (Å²) in [5.74, 6) is 3.66. The normalized spacial score (nSPS) is 29.7. The van der Waals surface area contributed by atoms with Gasteiger partial charge in [-0.2, -0.15) is 0 Å². The Morgan fingerprint density at radius 3 is 1.24 bits per heavy atom. The molecule has 254 valence electrons. The second kappa shape index (κ2) is 18.9. The third kappa shape index (κ3) is 11.9. The summed E-state index contributed by atoms with van der Waals surface area (Å²) in [6, 6.07) is 1.57. The Morgan fingerprint density at radius 2 is 0.952 bits per heavy atom. The summed E-state index contributed by atoms with van der Waals surface area (Å²) in [6.45, 7) is 30.5. The predicted molar refractivity (Wildman–Crippen MR) is 180 cm³/mol. The van der Waals surface area contributed by atoms with E-state index < -0.39 is 0 Å². The van der Waals surface area contributed by atoms with Crippen LogP contribution in [-0.2, 0) is 0 Å². The first kappa shape index (κ1) is 42.9. The van der Waals surface area contributed by atoms with E-state index in [-0.39, 0.29) is 34.0 Å². The molecule has 0 radical (unpaired) electrons. The average molecular weight is 723 g/mol. The van der Waals surface area contributed by atoms with E-state index in [1.165, 1.54) is 125 Å². The minimum absolute atomic E-state index is 0. The maximum Gasteiger partial charge on any atom is 0.0859 e. The van der Waals surface area contributed by atoms with Crippen LogP contribution in [0.1, 0.15) is 159 Å². The molecule has 2 aliphatic carbocycles. The van der Waals surface area contributed by atoms with Crippen LogP contribution in [0.5, 0.6) is 0 Å². The maximum atomic E-state index is 2.56. The van der Waals surface area contributed by atoms with Crippen LogP contribution in [0.4, 0.5) is 0 Å². The van der Waals surface area contributed by atoms with Gasteiger partial charge in [-0.25, -0.2) is 0 Å². The van der Waals surface area contributed by atoms with Gasteiger partial charge in [0.25, 0.3) is 0 Å². The van der Waals surface area contributed by atoms with Crippen LogP contribution in [0.3, 0.4) is 0 Å². The van der Waals surface area contributed by atoms with Crippen LogP contribution in [0.2, 0.25) is 0 Å². The largest absolute Gasteiger partial charge is 1.00 e. The average Bonchev–Trinajstić information content (AvgIpc) is 2.88. The Labute approximate surface area is 287 Å². The number of halogens is 2. The number of hydrogen-bond donors (Lipinski definition) is 0. The lowest BCUT2D eigenvalue weighted by atomic mass is 9.62. The van der Waals surface area contributed by atoms with E-state index in [0.29, 0.717) is 10.8 Å². The van der Waals surface area contributed by atoms with Crippen molar-refractivity contribution in [3.8, 4) is 0 Å². The van der Waals surface area contributed by atoms with Gasteiger partial charge in [-0.3, -0.25) is 0 Å². The summed E-state index contributed by atoms with van der Waals surface area (Å²) < 4.78 is 2.55. The van der Waals surface area contributed by atoms with Gasteiger partial charge in [-0.15, -0.1) is 0 Å². The molecule has 2 aliphatic rings. The monoisotopic (exact) mass is 720 g/mol. The lowest BCUT2D eigenvalue weighted by Gasteiger charge is -2.45. The highest BCUT2D eigenvalue weighted by atomic mass is 79.9. The number of nitrogens with zero attached hydrogens (tertiary/aromatic N) is 2. The molecule has 0 aromatic carbocycles. The summed E-state index contributed by atoms with van der Waals surface area (Å²) in [5.41, 5.74) is 1.09. The summed E-state index contributed by atoms with van der Waals surface area (Å²) in [4.78, 5) is 0. The van der Waals surface area contributed by atoms with E-state index in [9.17, 15) is 0 Å². The molecule has 0 saturated heterocycles. The lowest BCUT2D eigenvalue weighted by molar-refractivity contribution is -0.931. The second-order valence-corrected chi connectivity index (χ2v) is 17.2. The first-order valence-electron chi connectivity index (χ1n) is 18.3. The van der Waals surface area contributed by atoms with Crippen LogP contribution in [0, 0.1) is 34.5 Å². The van der Waals surface area contributed by atoms with Crippen LogP contribution < -0.4 is 34.0 Å². The summed E-state index contributed by atoms with van der Waals surface area (Å²) in [7, 11) is 5.11. The highest BCUT2D eigenvalue weighted by Gasteiger charge is 2.39. The summed E-state index contributed by atoms with van der Waals surface area (Å²) in [5, 5.41) is 0. The molecule has 0 aliphatic heterocycles. The van der Waals surface area contributed by atoms with Gasteiger partial charge in [-0.05, 0) is 126 Å². The standard InChI is InChI=1S/C38H78N2.2BrH/c1-13-39(11,33(5)23-25-35-31(3)21-19-27-37(35,7)8)29-17-15-16-18-30-40(12,14-2)34(6)24-26-36-32(4)22-20-28-38(36,9)10;;/h31-36H,13-30H2,1-12H3;2*1H/q+2;;/p-2. The first-order chi connectivity index (χ1) is 18.6. The first-order valence-corrected chi connectivity index (χ1v) is 18.3. The molecule has 2 fully saturated rings. The fraction of sp³-hybridized carbons (Fsp3) is 1.00. The van der Waals surface area contributed by atoms with Crippen molar-refractivity contribution >= 4 is 0 Å². The molecule has 0 N–H and O–H groups in total. The molecule has 8 unspecified atom stereocenters. The van der Waals surface area contributed by atoms with Crippen molar-refractivity contribution in [1.29, 1.82) is 0 Å². The molecule has 8 atom stereocenters. The smallest absolute Gasteiger partial charge is 0.0859 e. The van der Waals surface area contributed by atoms with Gasteiger partial charge in [0.15, 0.2) is 0 Å². The zero-order valence-electron chi connectivity index (χ0n) is 30.8. The number of rotatable bonds is 17. The van der Waals surface area contributed by atoms with E-state index in [1.807, 2.05) is 0 Å². The van der Waals surface area contributed by atoms with E-state index >= 15 is 0 Å². The number of hydrogen-bond acceptors (Lipinski definition) is 0. The number of unbranched alkanes of at least 4 members (excludes halogenated alkanes) is 3. The minimum atomic E-state index is 0. The van der Waals surface area contributed by atoms with Gasteiger partial charge < -0.3 is 42.9 Å². The molecular formula is C38H78Br2N2. The zero-order valence-corrected chi connectivity index (χ0v) is 34.0. The SMILES string of the molecule is CC[N+](C)(CCCCCC[N+](C)(CC)C(C)CCC1C(C)CCCC1(C)C)C(C)CCC1C(C)CCCC1(C)C.[Br-].[Br-]. The molecule has 0 spiro atoms. The molecule has 42 heavy (non-hydrogen) atoms. The van der Waals surface area contributed by atoms with E-state index in [1.54, 1.807) is 0 Å². The van der Waals surface area contributed by atoms with Crippen molar-refractivity contribution in [3.63, 3.8) is 0 Å². The van der Waals surface area contributed by atoms with Gasteiger partial charge in [0, 0.05) is 0 Å². The highest BCUT2D eigenvalue weighted by Crippen LogP contribution is 2.47. The van der Waals surface area contributed by atoms with Crippen molar-refractivity contribution in [2.75, 3.05) is 40.3 Å². The van der Waals surface area contributed by atoms with Crippen molar-refractivity contribution in [2.24, 2.45) is 34.5 Å². The van der Waals surface area contributed by atoms with Gasteiger partial charge in [0.1, 0.15) is 0 Å². The molecule has 0 aromatic heterocycles. The highest BCUT2D eigenvalue weighted by molar-refractivity contribution is 4.88. The summed E-state index contributed by atoms with van der Waals surface area (Å²) >= 11 is 0. The van der Waals surface area contributed by atoms with Crippen LogP contribution in [0.15, 0.2) is 0 Å². The van der Waals surface area contributed by atoms with Crippen LogP contribution >= 0.6 is 0 Å². The molecule has 2 rings (SSSR count). The third-order valence-corrected chi connectivity index (χ3v) is 13.8. The van der Waals surface area contributed by atoms with E-state index in [2.05, 4.69) is 83.3 Å². The molecule has 2 saturated carbocycles. The van der Waals surface area contributed by atoms with E-state index in [0.717, 1.165) is 35.8 Å².